The number of thiophene rings is 1. The molecule has 0 amide bonds. The molecule has 0 aromatic carbocycles. The van der Waals surface area contributed by atoms with Gasteiger partial charge in [0.2, 0.25) is 0 Å². The van der Waals surface area contributed by atoms with E-state index in [1.807, 2.05) is 17.5 Å². The minimum Gasteiger partial charge on any atom is -0.313 e. The topological polar surface area (TPSA) is 24.9 Å². The standard InChI is InChI=1S/C18H24N2S/c1-2-10-19-17(13-15-8-5-12-21-15)16-9-3-6-14-7-4-11-20-18(14)16/h4-5,7-8,11-12,16-17,19H,2-3,6,9-10,13H2,1H3. The van der Waals surface area contributed by atoms with Gasteiger partial charge in [-0.3, -0.25) is 4.98 Å². The van der Waals surface area contributed by atoms with Gasteiger partial charge in [-0.05, 0) is 61.7 Å². The van der Waals surface area contributed by atoms with Crippen LogP contribution in [0.4, 0.5) is 0 Å². The zero-order valence-corrected chi connectivity index (χ0v) is 13.5. The number of aromatic nitrogens is 1. The van der Waals surface area contributed by atoms with Crippen LogP contribution in [0, 0.1) is 0 Å². The maximum absolute atomic E-state index is 4.72. The van der Waals surface area contributed by atoms with Gasteiger partial charge in [-0.25, -0.2) is 0 Å². The maximum atomic E-state index is 4.72. The van der Waals surface area contributed by atoms with Gasteiger partial charge in [0.15, 0.2) is 0 Å². The summed E-state index contributed by atoms with van der Waals surface area (Å²) in [6.07, 6.45) is 8.01. The SMILES string of the molecule is CCCNC(Cc1cccs1)C1CCCc2cccnc21. The summed E-state index contributed by atoms with van der Waals surface area (Å²) in [5.41, 5.74) is 2.80. The minimum atomic E-state index is 0.512. The van der Waals surface area contributed by atoms with Gasteiger partial charge in [0, 0.05) is 28.7 Å². The molecule has 21 heavy (non-hydrogen) atoms. The summed E-state index contributed by atoms with van der Waals surface area (Å²) in [5.74, 6) is 0.559. The van der Waals surface area contributed by atoms with Crippen LogP contribution in [-0.4, -0.2) is 17.6 Å². The van der Waals surface area contributed by atoms with Gasteiger partial charge in [-0.1, -0.05) is 19.1 Å². The molecule has 2 aromatic rings. The molecule has 0 spiro atoms. The van der Waals surface area contributed by atoms with Crippen LogP contribution < -0.4 is 5.32 Å². The van der Waals surface area contributed by atoms with Crippen molar-refractivity contribution in [2.75, 3.05) is 6.54 Å². The number of hydrogen-bond donors (Lipinski definition) is 1. The molecule has 0 aliphatic heterocycles. The maximum Gasteiger partial charge on any atom is 0.0482 e. The third kappa shape index (κ3) is 3.53. The van der Waals surface area contributed by atoms with E-state index in [0.717, 1.165) is 13.0 Å². The van der Waals surface area contributed by atoms with Crippen molar-refractivity contribution in [3.05, 3.63) is 52.0 Å². The lowest BCUT2D eigenvalue weighted by Crippen LogP contribution is -2.39. The third-order valence-electron chi connectivity index (χ3n) is 4.38. The molecule has 2 atom stereocenters. The number of nitrogens with zero attached hydrogens (tertiary/aromatic N) is 1. The molecule has 3 rings (SSSR count). The number of pyridine rings is 1. The summed E-state index contributed by atoms with van der Waals surface area (Å²) in [4.78, 5) is 6.20. The number of nitrogens with one attached hydrogen (secondary N) is 1. The number of rotatable bonds is 6. The molecule has 0 saturated carbocycles. The first kappa shape index (κ1) is 14.7. The lowest BCUT2D eigenvalue weighted by molar-refractivity contribution is 0.384. The lowest BCUT2D eigenvalue weighted by Gasteiger charge is -2.32. The number of fused-ring (bicyclic) bond motifs is 1. The highest BCUT2D eigenvalue weighted by atomic mass is 32.1. The van der Waals surface area contributed by atoms with Gasteiger partial charge in [-0.15, -0.1) is 11.3 Å². The van der Waals surface area contributed by atoms with Crippen LogP contribution in [0.25, 0.3) is 0 Å². The molecule has 2 unspecified atom stereocenters. The van der Waals surface area contributed by atoms with E-state index in [0.29, 0.717) is 12.0 Å². The highest BCUT2D eigenvalue weighted by molar-refractivity contribution is 7.09. The molecule has 0 saturated heterocycles. The molecule has 2 aromatic heterocycles. The van der Waals surface area contributed by atoms with Crippen molar-refractivity contribution in [2.24, 2.45) is 0 Å². The Morgan fingerprint density at radius 2 is 2.33 bits per heavy atom. The molecule has 112 valence electrons. The first-order valence-corrected chi connectivity index (χ1v) is 8.96. The normalized spacial score (nSPS) is 19.2. The van der Waals surface area contributed by atoms with E-state index in [4.69, 9.17) is 4.98 Å². The van der Waals surface area contributed by atoms with E-state index in [-0.39, 0.29) is 0 Å². The fourth-order valence-electron chi connectivity index (χ4n) is 3.37. The van der Waals surface area contributed by atoms with E-state index < -0.39 is 0 Å². The van der Waals surface area contributed by atoms with Crippen LogP contribution in [0.1, 0.15) is 48.2 Å². The predicted molar refractivity (Wildman–Crippen MR) is 90.0 cm³/mol. The van der Waals surface area contributed by atoms with Crippen molar-refractivity contribution in [3.63, 3.8) is 0 Å². The minimum absolute atomic E-state index is 0.512. The van der Waals surface area contributed by atoms with Crippen molar-refractivity contribution in [1.29, 1.82) is 0 Å². The summed E-state index contributed by atoms with van der Waals surface area (Å²) in [6.45, 7) is 3.33. The second kappa shape index (κ2) is 7.19. The van der Waals surface area contributed by atoms with Gasteiger partial charge in [-0.2, -0.15) is 0 Å². The zero-order valence-electron chi connectivity index (χ0n) is 12.7. The first-order valence-electron chi connectivity index (χ1n) is 8.08. The van der Waals surface area contributed by atoms with Crippen molar-refractivity contribution in [3.8, 4) is 0 Å². The lowest BCUT2D eigenvalue weighted by atomic mass is 9.80. The Kier molecular flexibility index (Phi) is 5.04. The highest BCUT2D eigenvalue weighted by Crippen LogP contribution is 2.34. The van der Waals surface area contributed by atoms with Crippen molar-refractivity contribution in [1.82, 2.24) is 10.3 Å². The quantitative estimate of drug-likeness (QED) is 0.866. The van der Waals surface area contributed by atoms with Gasteiger partial charge >= 0.3 is 0 Å². The molecule has 0 radical (unpaired) electrons. The van der Waals surface area contributed by atoms with Crippen LogP contribution in [0.5, 0.6) is 0 Å². The van der Waals surface area contributed by atoms with Crippen LogP contribution in [0.2, 0.25) is 0 Å². The molecule has 3 heteroatoms. The fraction of sp³-hybridized carbons (Fsp3) is 0.500. The zero-order chi connectivity index (χ0) is 14.5. The smallest absolute Gasteiger partial charge is 0.0482 e. The first-order chi connectivity index (χ1) is 10.4. The Balaban J connectivity index is 1.82. The second-order valence-corrected chi connectivity index (χ2v) is 6.92. The van der Waals surface area contributed by atoms with E-state index in [9.17, 15) is 0 Å². The van der Waals surface area contributed by atoms with Crippen molar-refractivity contribution in [2.45, 2.75) is 51.0 Å². The largest absolute Gasteiger partial charge is 0.313 e. The molecule has 1 aliphatic carbocycles. The van der Waals surface area contributed by atoms with E-state index >= 15 is 0 Å². The molecule has 2 nitrogen and oxygen atoms in total. The third-order valence-corrected chi connectivity index (χ3v) is 5.28. The Labute approximate surface area is 131 Å². The van der Waals surface area contributed by atoms with Gasteiger partial charge in [0.05, 0.1) is 0 Å². The van der Waals surface area contributed by atoms with Gasteiger partial charge < -0.3 is 5.32 Å². The molecule has 0 fully saturated rings. The van der Waals surface area contributed by atoms with Crippen LogP contribution in [-0.2, 0) is 12.8 Å². The second-order valence-electron chi connectivity index (χ2n) is 5.89. The average Bonchev–Trinajstić information content (AvgIpc) is 3.04. The summed E-state index contributed by atoms with van der Waals surface area (Å²) >= 11 is 1.87. The summed E-state index contributed by atoms with van der Waals surface area (Å²) in [7, 11) is 0. The molecule has 1 N–H and O–H groups in total. The Hall–Kier alpha value is -1.19. The summed E-state index contributed by atoms with van der Waals surface area (Å²) in [5, 5.41) is 5.96. The molecule has 2 heterocycles. The molecular weight excluding hydrogens is 276 g/mol. The molecule has 1 aliphatic rings. The summed E-state index contributed by atoms with van der Waals surface area (Å²) < 4.78 is 0. The van der Waals surface area contributed by atoms with Crippen molar-refractivity contribution < 1.29 is 0 Å². The van der Waals surface area contributed by atoms with Crippen LogP contribution in [0.15, 0.2) is 35.8 Å². The monoisotopic (exact) mass is 300 g/mol. The van der Waals surface area contributed by atoms with Crippen molar-refractivity contribution >= 4 is 11.3 Å². The average molecular weight is 300 g/mol. The van der Waals surface area contributed by atoms with Crippen LogP contribution in [0.3, 0.4) is 0 Å². The number of aryl methyl sites for hydroxylation is 1. The Morgan fingerprint density at radius 3 is 3.14 bits per heavy atom. The van der Waals surface area contributed by atoms with E-state index in [1.165, 1.54) is 41.8 Å². The van der Waals surface area contributed by atoms with Crippen LogP contribution >= 0.6 is 11.3 Å². The molecule has 0 bridgehead atoms. The Morgan fingerprint density at radius 1 is 1.38 bits per heavy atom. The van der Waals surface area contributed by atoms with Gasteiger partial charge in [0.1, 0.15) is 0 Å². The number of hydrogen-bond acceptors (Lipinski definition) is 3. The Bertz CT molecular complexity index is 550. The predicted octanol–water partition coefficient (Wildman–Crippen LogP) is 4.17. The van der Waals surface area contributed by atoms with E-state index in [2.05, 4.69) is 41.9 Å². The molecular formula is C18H24N2S. The fourth-order valence-corrected chi connectivity index (χ4v) is 4.13. The summed E-state index contributed by atoms with van der Waals surface area (Å²) in [6, 6.07) is 9.26. The van der Waals surface area contributed by atoms with Gasteiger partial charge in [0.25, 0.3) is 0 Å². The highest BCUT2D eigenvalue weighted by Gasteiger charge is 2.28. The van der Waals surface area contributed by atoms with E-state index in [1.54, 1.807) is 0 Å².